The van der Waals surface area contributed by atoms with Gasteiger partial charge in [-0.25, -0.2) is 0 Å². The average Bonchev–Trinajstić information content (AvgIpc) is 3.15. The molecule has 2 aromatic heterocycles. The predicted octanol–water partition coefficient (Wildman–Crippen LogP) is 2.36. The van der Waals surface area contributed by atoms with Crippen molar-refractivity contribution in [3.05, 3.63) is 35.9 Å². The Hall–Kier alpha value is -1.86. The predicted molar refractivity (Wildman–Crippen MR) is 87.5 cm³/mol. The second kappa shape index (κ2) is 8.69. The number of halogens is 1. The molecule has 2 heterocycles. The molecule has 0 spiro atoms. The van der Waals surface area contributed by atoms with Gasteiger partial charge >= 0.3 is 0 Å². The SMILES string of the molecule is CNC(C)Cc1noc(C(NC(=O)c2ccco2)C(C)C)n1.Cl. The average molecular weight is 343 g/mol. The number of carbonyl (C=O) groups is 1. The lowest BCUT2D eigenvalue weighted by Crippen LogP contribution is -2.31. The Labute approximate surface area is 141 Å². The van der Waals surface area contributed by atoms with E-state index < -0.39 is 0 Å². The zero-order valence-corrected chi connectivity index (χ0v) is 14.5. The van der Waals surface area contributed by atoms with Crippen molar-refractivity contribution in [1.29, 1.82) is 0 Å². The van der Waals surface area contributed by atoms with E-state index in [0.717, 1.165) is 0 Å². The number of furan rings is 1. The van der Waals surface area contributed by atoms with Crippen LogP contribution in [0.3, 0.4) is 0 Å². The fourth-order valence-electron chi connectivity index (χ4n) is 1.99. The Morgan fingerprint density at radius 1 is 1.35 bits per heavy atom. The lowest BCUT2D eigenvalue weighted by Gasteiger charge is -2.17. The van der Waals surface area contributed by atoms with Crippen LogP contribution < -0.4 is 10.6 Å². The van der Waals surface area contributed by atoms with Crippen molar-refractivity contribution < 1.29 is 13.7 Å². The molecule has 0 bridgehead atoms. The number of likely N-dealkylation sites (N-methyl/N-ethyl adjacent to an activating group) is 1. The number of hydrogen-bond acceptors (Lipinski definition) is 6. The second-order valence-electron chi connectivity index (χ2n) is 5.62. The van der Waals surface area contributed by atoms with E-state index >= 15 is 0 Å². The molecule has 0 aliphatic rings. The van der Waals surface area contributed by atoms with Crippen LogP contribution in [0, 0.1) is 5.92 Å². The van der Waals surface area contributed by atoms with Gasteiger partial charge in [-0.15, -0.1) is 12.4 Å². The van der Waals surface area contributed by atoms with E-state index in [1.54, 1.807) is 12.1 Å². The fraction of sp³-hybridized carbons (Fsp3) is 0.533. The summed E-state index contributed by atoms with van der Waals surface area (Å²) in [6, 6.07) is 3.17. The largest absolute Gasteiger partial charge is 0.459 e. The normalized spacial score (nSPS) is 13.4. The third-order valence-electron chi connectivity index (χ3n) is 3.43. The van der Waals surface area contributed by atoms with E-state index in [-0.39, 0.29) is 42.1 Å². The van der Waals surface area contributed by atoms with Crippen LogP contribution in [0.5, 0.6) is 0 Å². The van der Waals surface area contributed by atoms with Crippen molar-refractivity contribution in [2.24, 2.45) is 5.92 Å². The molecule has 0 radical (unpaired) electrons. The fourth-order valence-corrected chi connectivity index (χ4v) is 1.99. The first-order valence-corrected chi connectivity index (χ1v) is 7.35. The first-order valence-electron chi connectivity index (χ1n) is 7.35. The second-order valence-corrected chi connectivity index (χ2v) is 5.62. The number of carbonyl (C=O) groups excluding carboxylic acids is 1. The van der Waals surface area contributed by atoms with Gasteiger partial charge in [0.15, 0.2) is 11.6 Å². The summed E-state index contributed by atoms with van der Waals surface area (Å²) < 4.78 is 10.4. The maximum Gasteiger partial charge on any atom is 0.287 e. The van der Waals surface area contributed by atoms with Crippen molar-refractivity contribution in [1.82, 2.24) is 20.8 Å². The summed E-state index contributed by atoms with van der Waals surface area (Å²) in [5, 5.41) is 9.97. The van der Waals surface area contributed by atoms with E-state index in [1.807, 2.05) is 27.8 Å². The van der Waals surface area contributed by atoms with Gasteiger partial charge in [0.05, 0.1) is 6.26 Å². The first-order chi connectivity index (χ1) is 10.5. The summed E-state index contributed by atoms with van der Waals surface area (Å²) in [4.78, 5) is 16.5. The van der Waals surface area contributed by atoms with Gasteiger partial charge < -0.3 is 19.6 Å². The zero-order chi connectivity index (χ0) is 16.1. The van der Waals surface area contributed by atoms with Gasteiger partial charge in [0, 0.05) is 12.5 Å². The van der Waals surface area contributed by atoms with E-state index in [2.05, 4.69) is 20.8 Å². The molecule has 7 nitrogen and oxygen atoms in total. The lowest BCUT2D eigenvalue weighted by atomic mass is 10.0. The van der Waals surface area contributed by atoms with E-state index in [1.165, 1.54) is 6.26 Å². The molecule has 2 unspecified atom stereocenters. The summed E-state index contributed by atoms with van der Waals surface area (Å²) >= 11 is 0. The molecule has 2 aromatic rings. The molecule has 0 fully saturated rings. The molecule has 2 atom stereocenters. The van der Waals surface area contributed by atoms with E-state index in [9.17, 15) is 4.79 Å². The Morgan fingerprint density at radius 3 is 2.65 bits per heavy atom. The molecular formula is C15H23ClN4O3. The number of aromatic nitrogens is 2. The molecule has 23 heavy (non-hydrogen) atoms. The van der Waals surface area contributed by atoms with Gasteiger partial charge in [-0.2, -0.15) is 4.98 Å². The maximum absolute atomic E-state index is 12.1. The molecule has 8 heteroatoms. The Morgan fingerprint density at radius 2 is 2.09 bits per heavy atom. The highest BCUT2D eigenvalue weighted by Gasteiger charge is 2.26. The third kappa shape index (κ3) is 5.07. The molecule has 128 valence electrons. The molecule has 0 aromatic carbocycles. The molecule has 0 aliphatic carbocycles. The highest BCUT2D eigenvalue weighted by atomic mass is 35.5. The van der Waals surface area contributed by atoms with Crippen molar-refractivity contribution in [2.45, 2.75) is 39.3 Å². The van der Waals surface area contributed by atoms with Crippen molar-refractivity contribution in [2.75, 3.05) is 7.05 Å². The lowest BCUT2D eigenvalue weighted by molar-refractivity contribution is 0.0885. The minimum absolute atomic E-state index is 0. The van der Waals surface area contributed by atoms with Gasteiger partial charge in [-0.3, -0.25) is 4.79 Å². The number of nitrogens with zero attached hydrogens (tertiary/aromatic N) is 2. The van der Waals surface area contributed by atoms with Crippen LogP contribution in [-0.4, -0.2) is 29.1 Å². The Kier molecular flexibility index (Phi) is 7.25. The first kappa shape index (κ1) is 19.2. The summed E-state index contributed by atoms with van der Waals surface area (Å²) in [6.45, 7) is 6.00. The monoisotopic (exact) mass is 342 g/mol. The highest BCUT2D eigenvalue weighted by Crippen LogP contribution is 2.21. The van der Waals surface area contributed by atoms with Crippen molar-refractivity contribution >= 4 is 18.3 Å². The number of amides is 1. The van der Waals surface area contributed by atoms with Gasteiger partial charge in [0.1, 0.15) is 6.04 Å². The zero-order valence-electron chi connectivity index (χ0n) is 13.7. The Balaban J connectivity index is 0.00000264. The summed E-state index contributed by atoms with van der Waals surface area (Å²) in [5.74, 6) is 1.10. The van der Waals surface area contributed by atoms with Crippen LogP contribution in [0.25, 0.3) is 0 Å². The van der Waals surface area contributed by atoms with Gasteiger partial charge in [-0.1, -0.05) is 19.0 Å². The summed E-state index contributed by atoms with van der Waals surface area (Å²) in [7, 11) is 1.88. The standard InChI is InChI=1S/C15H22N4O3.ClH/c1-9(2)13(18-14(20)11-6-5-7-21-11)15-17-12(19-22-15)8-10(3)16-4;/h5-7,9-10,13,16H,8H2,1-4H3,(H,18,20);1H. The number of hydrogen-bond donors (Lipinski definition) is 2. The van der Waals surface area contributed by atoms with Crippen LogP contribution in [0.15, 0.2) is 27.3 Å². The number of rotatable bonds is 7. The van der Waals surface area contributed by atoms with E-state index in [4.69, 9.17) is 8.94 Å². The molecule has 0 aliphatic heterocycles. The van der Waals surface area contributed by atoms with Gasteiger partial charge in [0.25, 0.3) is 5.91 Å². The molecule has 0 saturated heterocycles. The number of nitrogens with one attached hydrogen (secondary N) is 2. The topological polar surface area (TPSA) is 93.2 Å². The molecular weight excluding hydrogens is 320 g/mol. The van der Waals surface area contributed by atoms with Crippen LogP contribution in [0.2, 0.25) is 0 Å². The van der Waals surface area contributed by atoms with Crippen LogP contribution in [-0.2, 0) is 6.42 Å². The third-order valence-corrected chi connectivity index (χ3v) is 3.43. The Bertz CT molecular complexity index is 598. The summed E-state index contributed by atoms with van der Waals surface area (Å²) in [5.41, 5.74) is 0. The maximum atomic E-state index is 12.1. The van der Waals surface area contributed by atoms with Crippen molar-refractivity contribution in [3.8, 4) is 0 Å². The van der Waals surface area contributed by atoms with E-state index in [0.29, 0.717) is 18.1 Å². The minimum Gasteiger partial charge on any atom is -0.459 e. The molecule has 1 amide bonds. The molecule has 2 N–H and O–H groups in total. The van der Waals surface area contributed by atoms with Crippen LogP contribution >= 0.6 is 12.4 Å². The quantitative estimate of drug-likeness (QED) is 0.802. The van der Waals surface area contributed by atoms with Crippen molar-refractivity contribution in [3.63, 3.8) is 0 Å². The molecule has 0 saturated carbocycles. The smallest absolute Gasteiger partial charge is 0.287 e. The highest BCUT2D eigenvalue weighted by molar-refractivity contribution is 5.91. The molecule has 2 rings (SSSR count). The van der Waals surface area contributed by atoms with Gasteiger partial charge in [0.2, 0.25) is 5.89 Å². The van der Waals surface area contributed by atoms with Crippen LogP contribution in [0.4, 0.5) is 0 Å². The van der Waals surface area contributed by atoms with Crippen LogP contribution in [0.1, 0.15) is 49.1 Å². The summed E-state index contributed by atoms with van der Waals surface area (Å²) in [6.07, 6.45) is 2.13. The van der Waals surface area contributed by atoms with Gasteiger partial charge in [-0.05, 0) is 32.0 Å². The minimum atomic E-state index is -0.358.